The Hall–Kier alpha value is -1.65. The van der Waals surface area contributed by atoms with E-state index in [9.17, 15) is 13.5 Å². The molecule has 1 saturated heterocycles. The number of nitrogens with two attached hydrogens (primary N) is 1. The molecule has 7 nitrogen and oxygen atoms in total. The Morgan fingerprint density at radius 2 is 2.16 bits per heavy atom. The van der Waals surface area contributed by atoms with E-state index in [0.717, 1.165) is 0 Å². The molecule has 3 N–H and O–H groups in total. The second-order valence-electron chi connectivity index (χ2n) is 5.44. The van der Waals surface area contributed by atoms with Gasteiger partial charge in [0, 0.05) is 18.8 Å². The minimum absolute atomic E-state index is 0.00512. The van der Waals surface area contributed by atoms with Crippen LogP contribution < -0.4 is 5.14 Å². The molecule has 132 valence electrons. The normalized spacial score (nSPS) is 22.6. The van der Waals surface area contributed by atoms with Crippen LogP contribution in [0.1, 0.15) is 5.56 Å². The van der Waals surface area contributed by atoms with Crippen LogP contribution in [0.4, 0.5) is 5.82 Å². The number of aliphatic hydroxyl groups is 1. The third-order valence-electron chi connectivity index (χ3n) is 3.80. The fourth-order valence-corrected chi connectivity index (χ4v) is 4.65. The Morgan fingerprint density at radius 1 is 1.40 bits per heavy atom. The van der Waals surface area contributed by atoms with Crippen LogP contribution in [0, 0.1) is 0 Å². The van der Waals surface area contributed by atoms with Crippen LogP contribution in [0.2, 0.25) is 5.02 Å². The lowest BCUT2D eigenvalue weighted by atomic mass is 10.0. The molecule has 1 aliphatic heterocycles. The number of rotatable bonds is 3. The van der Waals surface area contributed by atoms with Gasteiger partial charge in [-0.1, -0.05) is 35.5 Å². The average molecular weight is 399 g/mol. The van der Waals surface area contributed by atoms with Gasteiger partial charge in [0.15, 0.2) is 16.7 Å². The molecule has 2 aromatic rings. The van der Waals surface area contributed by atoms with Gasteiger partial charge in [-0.3, -0.25) is 0 Å². The summed E-state index contributed by atoms with van der Waals surface area (Å²) in [5.41, 5.74) is -1.08. The second kappa shape index (κ2) is 6.58. The molecule has 0 aliphatic carbocycles. The number of halogens is 1. The first-order valence-electron chi connectivity index (χ1n) is 7.13. The zero-order valence-corrected chi connectivity index (χ0v) is 15.5. The van der Waals surface area contributed by atoms with E-state index < -0.39 is 15.7 Å². The largest absolute Gasteiger partial charge is 0.366 e. The lowest BCUT2D eigenvalue weighted by molar-refractivity contribution is -0.0349. The summed E-state index contributed by atoms with van der Waals surface area (Å²) in [6.07, 6.45) is 1.63. The quantitative estimate of drug-likeness (QED) is 0.817. The van der Waals surface area contributed by atoms with Crippen molar-refractivity contribution in [3.05, 3.63) is 53.2 Å². The Morgan fingerprint density at radius 3 is 2.80 bits per heavy atom. The predicted molar refractivity (Wildman–Crippen MR) is 98.3 cm³/mol. The summed E-state index contributed by atoms with van der Waals surface area (Å²) >= 11 is 7.25. The van der Waals surface area contributed by atoms with Crippen LogP contribution in [-0.2, 0) is 15.7 Å². The molecule has 1 fully saturated rings. The highest BCUT2D eigenvalue weighted by Crippen LogP contribution is 2.39. The Bertz CT molecular complexity index is 937. The topological polar surface area (TPSA) is 109 Å². The number of nitrogens with zero attached hydrogens (tertiary/aromatic N) is 3. The summed E-state index contributed by atoms with van der Waals surface area (Å²) in [5, 5.41) is 16.8. The fourth-order valence-electron chi connectivity index (χ4n) is 2.39. The lowest BCUT2D eigenvalue weighted by Gasteiger charge is -2.31. The highest BCUT2D eigenvalue weighted by molar-refractivity contribution is 8.14. The minimum Gasteiger partial charge on any atom is -0.366 e. The number of hydrogen-bond acceptors (Lipinski definition) is 6. The van der Waals surface area contributed by atoms with Gasteiger partial charge in [0.25, 0.3) is 0 Å². The first kappa shape index (κ1) is 18.2. The molecule has 25 heavy (non-hydrogen) atoms. The molecule has 1 aliphatic rings. The molecular weight excluding hydrogens is 384 g/mol. The van der Waals surface area contributed by atoms with Gasteiger partial charge < -0.3 is 10.0 Å². The van der Waals surface area contributed by atoms with Crippen LogP contribution in [0.5, 0.6) is 0 Å². The van der Waals surface area contributed by atoms with Crippen molar-refractivity contribution in [3.63, 3.8) is 0 Å². The molecule has 0 saturated carbocycles. The van der Waals surface area contributed by atoms with Crippen molar-refractivity contribution in [1.82, 2.24) is 9.88 Å². The highest BCUT2D eigenvalue weighted by Gasteiger charge is 2.43. The van der Waals surface area contributed by atoms with E-state index >= 15 is 0 Å². The van der Waals surface area contributed by atoms with Crippen molar-refractivity contribution in [1.29, 1.82) is 0 Å². The molecule has 1 aromatic carbocycles. The fraction of sp³-hybridized carbons (Fsp3) is 0.200. The first-order valence-corrected chi connectivity index (χ1v) is 10.0. The van der Waals surface area contributed by atoms with Crippen molar-refractivity contribution in [2.45, 2.75) is 10.6 Å². The van der Waals surface area contributed by atoms with Crippen LogP contribution in [0.25, 0.3) is 0 Å². The number of aromatic nitrogens is 1. The summed E-state index contributed by atoms with van der Waals surface area (Å²) < 4.78 is 23.3. The average Bonchev–Trinajstić information content (AvgIpc) is 2.85. The third-order valence-corrected chi connectivity index (χ3v) is 6.37. The summed E-state index contributed by atoms with van der Waals surface area (Å²) in [4.78, 5) is 9.89. The number of thioether (sulfide) groups is 1. The monoisotopic (exact) mass is 398 g/mol. The predicted octanol–water partition coefficient (Wildman–Crippen LogP) is 1.89. The minimum atomic E-state index is -4.00. The van der Waals surface area contributed by atoms with Gasteiger partial charge in [-0.05, 0) is 24.3 Å². The molecule has 10 heteroatoms. The summed E-state index contributed by atoms with van der Waals surface area (Å²) in [6, 6.07) is 9.61. The number of benzene rings is 1. The van der Waals surface area contributed by atoms with Crippen LogP contribution in [-0.4, -0.2) is 41.4 Å². The van der Waals surface area contributed by atoms with Gasteiger partial charge in [-0.15, -0.1) is 0 Å². The molecule has 1 atom stereocenters. The molecule has 0 spiro atoms. The number of sulfonamides is 1. The summed E-state index contributed by atoms with van der Waals surface area (Å²) in [7, 11) is -2.33. The molecule has 1 unspecified atom stereocenters. The molecule has 1 aromatic heterocycles. The summed E-state index contributed by atoms with van der Waals surface area (Å²) in [6.45, 7) is 0. The van der Waals surface area contributed by atoms with E-state index in [0.29, 0.717) is 16.5 Å². The van der Waals surface area contributed by atoms with Crippen molar-refractivity contribution in [2.24, 2.45) is 10.1 Å². The number of amidine groups is 1. The van der Waals surface area contributed by atoms with Gasteiger partial charge in [0.1, 0.15) is 4.90 Å². The van der Waals surface area contributed by atoms with Gasteiger partial charge >= 0.3 is 0 Å². The third kappa shape index (κ3) is 3.51. The maximum absolute atomic E-state index is 11.7. The maximum Gasteiger partial charge on any atom is 0.239 e. The lowest BCUT2D eigenvalue weighted by Crippen LogP contribution is -2.42. The van der Waals surface area contributed by atoms with E-state index in [2.05, 4.69) is 9.98 Å². The van der Waals surface area contributed by atoms with Crippen molar-refractivity contribution in [3.8, 4) is 0 Å². The molecule has 2 heterocycles. The number of hydrogen-bond donors (Lipinski definition) is 2. The molecule has 0 amide bonds. The van der Waals surface area contributed by atoms with Crippen molar-refractivity contribution < 1.29 is 13.5 Å². The zero-order chi connectivity index (χ0) is 18.2. The van der Waals surface area contributed by atoms with Crippen molar-refractivity contribution >= 4 is 44.4 Å². The Balaban J connectivity index is 2.00. The number of aliphatic imine (C=N–C) groups is 1. The standard InChI is InChI=1S/C15H15ClN4O3S2/c1-20-14(19-13-4-2-3-7-18-13)24-9-15(20,21)10-5-6-11(16)12(8-10)25(17,22)23/h2-8,21H,9H2,1H3,(H2,17,22,23). The maximum atomic E-state index is 11.7. The van der Waals surface area contributed by atoms with Crippen LogP contribution >= 0.6 is 23.4 Å². The van der Waals surface area contributed by atoms with Gasteiger partial charge in [0.2, 0.25) is 10.0 Å². The van der Waals surface area contributed by atoms with E-state index in [1.54, 1.807) is 36.3 Å². The van der Waals surface area contributed by atoms with Gasteiger partial charge in [-0.2, -0.15) is 0 Å². The van der Waals surface area contributed by atoms with E-state index in [-0.39, 0.29) is 15.7 Å². The summed E-state index contributed by atoms with van der Waals surface area (Å²) in [5.74, 6) is 0.781. The molecule has 0 radical (unpaired) electrons. The van der Waals surface area contributed by atoms with E-state index in [1.165, 1.54) is 23.9 Å². The molecule has 0 bridgehead atoms. The molecular formula is C15H15ClN4O3S2. The van der Waals surface area contributed by atoms with Crippen LogP contribution in [0.15, 0.2) is 52.5 Å². The number of primary sulfonamides is 1. The van der Waals surface area contributed by atoms with E-state index in [1.807, 2.05) is 6.07 Å². The van der Waals surface area contributed by atoms with Gasteiger partial charge in [0.05, 0.1) is 10.8 Å². The van der Waals surface area contributed by atoms with Crippen molar-refractivity contribution in [2.75, 3.05) is 12.8 Å². The Labute approximate surface area is 154 Å². The zero-order valence-electron chi connectivity index (χ0n) is 13.1. The first-order chi connectivity index (χ1) is 11.7. The van der Waals surface area contributed by atoms with E-state index in [4.69, 9.17) is 16.7 Å². The van der Waals surface area contributed by atoms with Crippen LogP contribution in [0.3, 0.4) is 0 Å². The Kier molecular flexibility index (Phi) is 4.78. The van der Waals surface area contributed by atoms with Gasteiger partial charge in [-0.25, -0.2) is 23.5 Å². The smallest absolute Gasteiger partial charge is 0.239 e. The molecule has 3 rings (SSSR count). The second-order valence-corrected chi connectivity index (χ2v) is 8.32. The number of pyridine rings is 1. The highest BCUT2D eigenvalue weighted by atomic mass is 35.5. The SMILES string of the molecule is CN1C(=Nc2ccccn2)SCC1(O)c1ccc(Cl)c(S(N)(=O)=O)c1.